The summed E-state index contributed by atoms with van der Waals surface area (Å²) in [5.41, 5.74) is -0.136. The van der Waals surface area contributed by atoms with Gasteiger partial charge in [-0.05, 0) is 19.9 Å². The van der Waals surface area contributed by atoms with Gasteiger partial charge >= 0.3 is 0 Å². The van der Waals surface area contributed by atoms with Crippen LogP contribution >= 0.6 is 0 Å². The van der Waals surface area contributed by atoms with E-state index in [1.165, 1.54) is 26.0 Å². The number of aromatic nitrogens is 3. The maximum Gasteiger partial charge on any atom is 0.271 e. The van der Waals surface area contributed by atoms with Crippen LogP contribution in [0.1, 0.15) is 21.9 Å². The molecule has 1 amide bonds. The van der Waals surface area contributed by atoms with Crippen molar-refractivity contribution in [1.29, 1.82) is 0 Å². The topological polar surface area (TPSA) is 147 Å². The second kappa shape index (κ2) is 6.71. The Labute approximate surface area is 131 Å². The van der Waals surface area contributed by atoms with Crippen LogP contribution in [0.15, 0.2) is 26.3 Å². The molecule has 0 saturated carbocycles. The van der Waals surface area contributed by atoms with Crippen molar-refractivity contribution in [1.82, 2.24) is 25.4 Å². The zero-order chi connectivity index (χ0) is 17.0. The first-order valence-corrected chi connectivity index (χ1v) is 8.06. The second-order valence-corrected chi connectivity index (χ2v) is 6.32. The highest BCUT2D eigenvalue weighted by molar-refractivity contribution is 7.89. The summed E-state index contributed by atoms with van der Waals surface area (Å²) in [6.07, 6.45) is 0. The lowest BCUT2D eigenvalue weighted by Crippen LogP contribution is -2.35. The third-order valence-electron chi connectivity index (χ3n) is 2.85. The lowest BCUT2D eigenvalue weighted by atomic mass is 10.3. The fourth-order valence-corrected chi connectivity index (χ4v) is 3.21. The van der Waals surface area contributed by atoms with Crippen molar-refractivity contribution >= 4 is 15.9 Å². The van der Waals surface area contributed by atoms with Crippen LogP contribution in [0.3, 0.4) is 0 Å². The minimum atomic E-state index is -3.77. The van der Waals surface area contributed by atoms with Crippen molar-refractivity contribution in [3.05, 3.63) is 39.6 Å². The van der Waals surface area contributed by atoms with Gasteiger partial charge in [-0.25, -0.2) is 18.2 Å². The van der Waals surface area contributed by atoms with Crippen molar-refractivity contribution in [2.45, 2.75) is 18.7 Å². The van der Waals surface area contributed by atoms with Gasteiger partial charge in [0, 0.05) is 19.2 Å². The van der Waals surface area contributed by atoms with Crippen molar-refractivity contribution < 1.29 is 17.7 Å². The summed E-state index contributed by atoms with van der Waals surface area (Å²) in [7, 11) is -3.77. The number of carbonyl (C=O) groups is 1. The quantitative estimate of drug-likeness (QED) is 0.576. The summed E-state index contributed by atoms with van der Waals surface area (Å²) < 4.78 is 31.4. The number of aryl methyl sites for hydroxylation is 2. The summed E-state index contributed by atoms with van der Waals surface area (Å²) in [4.78, 5) is 22.6. The van der Waals surface area contributed by atoms with Gasteiger partial charge in [0.15, 0.2) is 5.76 Å². The van der Waals surface area contributed by atoms with Gasteiger partial charge in [0.25, 0.3) is 11.5 Å². The van der Waals surface area contributed by atoms with Crippen LogP contribution in [0.5, 0.6) is 0 Å². The number of nitrogens with zero attached hydrogens (tertiary/aromatic N) is 2. The summed E-state index contributed by atoms with van der Waals surface area (Å²) >= 11 is 0. The molecular formula is C12H15N5O5S. The number of sulfonamides is 1. The molecular weight excluding hydrogens is 326 g/mol. The molecule has 0 aliphatic heterocycles. The molecule has 2 aromatic heterocycles. The highest BCUT2D eigenvalue weighted by Crippen LogP contribution is 2.17. The fourth-order valence-electron chi connectivity index (χ4n) is 1.85. The molecule has 0 radical (unpaired) electrons. The summed E-state index contributed by atoms with van der Waals surface area (Å²) in [6, 6.07) is 2.43. The third kappa shape index (κ3) is 4.02. The average Bonchev–Trinajstić information content (AvgIpc) is 2.84. The van der Waals surface area contributed by atoms with Gasteiger partial charge in [0.2, 0.25) is 10.0 Å². The van der Waals surface area contributed by atoms with E-state index in [0.29, 0.717) is 0 Å². The molecule has 0 bridgehead atoms. The van der Waals surface area contributed by atoms with Gasteiger partial charge < -0.3 is 9.84 Å². The van der Waals surface area contributed by atoms with Crippen LogP contribution in [0.2, 0.25) is 0 Å². The van der Waals surface area contributed by atoms with Crippen LogP contribution in [0, 0.1) is 13.8 Å². The normalized spacial score (nSPS) is 11.4. The van der Waals surface area contributed by atoms with E-state index in [9.17, 15) is 18.0 Å². The Bertz CT molecular complexity index is 830. The van der Waals surface area contributed by atoms with Crippen LogP contribution in [0.4, 0.5) is 0 Å². The highest BCUT2D eigenvalue weighted by Gasteiger charge is 2.23. The molecule has 0 unspecified atom stereocenters. The summed E-state index contributed by atoms with van der Waals surface area (Å²) in [5.74, 6) is -0.339. The molecule has 0 aliphatic rings. The van der Waals surface area contributed by atoms with E-state index in [4.69, 9.17) is 4.52 Å². The molecule has 2 aromatic rings. The van der Waals surface area contributed by atoms with Gasteiger partial charge in [-0.3, -0.25) is 9.59 Å². The molecule has 124 valence electrons. The van der Waals surface area contributed by atoms with Crippen molar-refractivity contribution in [3.63, 3.8) is 0 Å². The van der Waals surface area contributed by atoms with E-state index >= 15 is 0 Å². The standard InChI is InChI=1S/C12H15N5O5S/c1-7-11(8(2)22-17-7)23(20,21)14-6-5-13-12(19)9-3-4-10(18)16-15-9/h3-4,14H,5-6H2,1-2H3,(H,13,19)(H,16,18). The molecule has 2 rings (SSSR count). The number of hydrogen-bond acceptors (Lipinski definition) is 7. The zero-order valence-corrected chi connectivity index (χ0v) is 13.2. The van der Waals surface area contributed by atoms with Gasteiger partial charge in [0.1, 0.15) is 16.3 Å². The zero-order valence-electron chi connectivity index (χ0n) is 12.4. The first kappa shape index (κ1) is 16.8. The number of rotatable bonds is 6. The van der Waals surface area contributed by atoms with Gasteiger partial charge in [-0.1, -0.05) is 5.16 Å². The number of hydrogen-bond donors (Lipinski definition) is 3. The molecule has 0 aliphatic carbocycles. The molecule has 2 heterocycles. The minimum absolute atomic E-state index is 0.00822. The first-order chi connectivity index (χ1) is 10.8. The van der Waals surface area contributed by atoms with E-state index in [1.807, 2.05) is 0 Å². The molecule has 10 nitrogen and oxygen atoms in total. The van der Waals surface area contributed by atoms with Gasteiger partial charge in [0.05, 0.1) is 0 Å². The predicted molar refractivity (Wildman–Crippen MR) is 78.4 cm³/mol. The van der Waals surface area contributed by atoms with Gasteiger partial charge in [-0.2, -0.15) is 5.10 Å². The lowest BCUT2D eigenvalue weighted by molar-refractivity contribution is 0.0948. The Morgan fingerprint density at radius 1 is 1.30 bits per heavy atom. The number of nitrogens with one attached hydrogen (secondary N) is 3. The molecule has 0 saturated heterocycles. The Balaban J connectivity index is 1.89. The van der Waals surface area contributed by atoms with Crippen LogP contribution in [-0.2, 0) is 10.0 Å². The van der Waals surface area contributed by atoms with Crippen molar-refractivity contribution in [2.24, 2.45) is 0 Å². The summed E-state index contributed by atoms with van der Waals surface area (Å²) in [5, 5.41) is 11.8. The smallest absolute Gasteiger partial charge is 0.271 e. The minimum Gasteiger partial charge on any atom is -0.360 e. The number of amides is 1. The van der Waals surface area contributed by atoms with Crippen LogP contribution in [0.25, 0.3) is 0 Å². The van der Waals surface area contributed by atoms with E-state index < -0.39 is 21.5 Å². The van der Waals surface area contributed by atoms with Crippen molar-refractivity contribution in [2.75, 3.05) is 13.1 Å². The van der Waals surface area contributed by atoms with E-state index in [1.54, 1.807) is 0 Å². The SMILES string of the molecule is Cc1noc(C)c1S(=O)(=O)NCCNC(=O)c1ccc(=O)[nH]n1. The lowest BCUT2D eigenvalue weighted by Gasteiger charge is -2.07. The molecule has 0 atom stereocenters. The summed E-state index contributed by atoms with van der Waals surface area (Å²) in [6.45, 7) is 3.04. The van der Waals surface area contributed by atoms with E-state index in [-0.39, 0.29) is 35.1 Å². The molecule has 0 aromatic carbocycles. The number of H-pyrrole nitrogens is 1. The average molecular weight is 341 g/mol. The number of aromatic amines is 1. The molecule has 23 heavy (non-hydrogen) atoms. The van der Waals surface area contributed by atoms with Crippen molar-refractivity contribution in [3.8, 4) is 0 Å². The fraction of sp³-hybridized carbons (Fsp3) is 0.333. The highest BCUT2D eigenvalue weighted by atomic mass is 32.2. The van der Waals surface area contributed by atoms with Crippen LogP contribution in [-0.4, -0.2) is 42.8 Å². The Morgan fingerprint density at radius 3 is 2.61 bits per heavy atom. The molecule has 0 fully saturated rings. The Hall–Kier alpha value is -2.53. The Morgan fingerprint density at radius 2 is 2.04 bits per heavy atom. The third-order valence-corrected chi connectivity index (χ3v) is 4.56. The predicted octanol–water partition coefficient (Wildman–Crippen LogP) is -0.917. The Kier molecular flexibility index (Phi) is 4.91. The largest absolute Gasteiger partial charge is 0.360 e. The maximum absolute atomic E-state index is 12.1. The monoisotopic (exact) mass is 341 g/mol. The van der Waals surface area contributed by atoms with Crippen LogP contribution < -0.4 is 15.6 Å². The molecule has 11 heteroatoms. The van der Waals surface area contributed by atoms with E-state index in [0.717, 1.165) is 0 Å². The molecule has 3 N–H and O–H groups in total. The number of carbonyl (C=O) groups excluding carboxylic acids is 1. The maximum atomic E-state index is 12.1. The molecule has 0 spiro atoms. The van der Waals surface area contributed by atoms with Gasteiger partial charge in [-0.15, -0.1) is 0 Å². The second-order valence-electron chi connectivity index (χ2n) is 4.61. The first-order valence-electron chi connectivity index (χ1n) is 6.58. The van der Waals surface area contributed by atoms with E-state index in [2.05, 4.69) is 25.4 Å².